The van der Waals surface area contributed by atoms with Crippen LogP contribution in [0.4, 0.5) is 0 Å². The highest BCUT2D eigenvalue weighted by Crippen LogP contribution is 2.32. The Balaban J connectivity index is 2.80. The maximum atomic E-state index is 11.3. The van der Waals surface area contributed by atoms with Crippen LogP contribution < -0.4 is 5.32 Å². The lowest BCUT2D eigenvalue weighted by molar-refractivity contribution is -0.162. The summed E-state index contributed by atoms with van der Waals surface area (Å²) in [4.78, 5) is 22.2. The van der Waals surface area contributed by atoms with Crippen LogP contribution in [0.2, 0.25) is 0 Å². The lowest BCUT2D eigenvalue weighted by Crippen LogP contribution is -2.52. The summed E-state index contributed by atoms with van der Waals surface area (Å²) in [6.07, 6.45) is -0.0518. The van der Waals surface area contributed by atoms with E-state index in [9.17, 15) is 14.7 Å². The van der Waals surface area contributed by atoms with Crippen molar-refractivity contribution in [2.75, 3.05) is 13.2 Å². The van der Waals surface area contributed by atoms with Crippen molar-refractivity contribution >= 4 is 17.8 Å². The number of aliphatic hydroxyl groups is 1. The van der Waals surface area contributed by atoms with Crippen LogP contribution in [-0.4, -0.2) is 60.2 Å². The number of ether oxygens (including phenoxy) is 4. The molecule has 1 saturated heterocycles. The molecule has 4 atom stereocenters. The van der Waals surface area contributed by atoms with Crippen LogP contribution in [0.15, 0.2) is 12.3 Å². The van der Waals surface area contributed by atoms with E-state index in [0.29, 0.717) is 6.61 Å². The van der Waals surface area contributed by atoms with Gasteiger partial charge in [-0.2, -0.15) is 0 Å². The molecule has 0 bridgehead atoms. The van der Waals surface area contributed by atoms with Crippen molar-refractivity contribution in [2.45, 2.75) is 51.7 Å². The standard InChI is InChI=1S/C15H24N2O7/c1-5-21-12(16)6-7-17-14-15(4,20)13(23-10(3)19)11(24-14)8-22-9(2)18/h6-7,11,13-14,16-17,20H,5,8H2,1-4H3/b7-6-,16-12?/t11-,13?,14-,15?/m1/s1. The number of hydrogen-bond acceptors (Lipinski definition) is 9. The topological polar surface area (TPSA) is 127 Å². The van der Waals surface area contributed by atoms with Gasteiger partial charge in [-0.1, -0.05) is 0 Å². The van der Waals surface area contributed by atoms with Gasteiger partial charge >= 0.3 is 11.9 Å². The predicted molar refractivity (Wildman–Crippen MR) is 83.1 cm³/mol. The molecule has 0 aliphatic carbocycles. The Morgan fingerprint density at radius 1 is 1.33 bits per heavy atom. The smallest absolute Gasteiger partial charge is 0.303 e. The van der Waals surface area contributed by atoms with Crippen LogP contribution in [0.5, 0.6) is 0 Å². The average Bonchev–Trinajstić information content (AvgIpc) is 2.69. The minimum Gasteiger partial charge on any atom is -0.478 e. The van der Waals surface area contributed by atoms with Crippen molar-refractivity contribution in [3.63, 3.8) is 0 Å². The minimum absolute atomic E-state index is 0.0596. The summed E-state index contributed by atoms with van der Waals surface area (Å²) in [7, 11) is 0. The van der Waals surface area contributed by atoms with Crippen molar-refractivity contribution in [1.82, 2.24) is 5.32 Å². The van der Waals surface area contributed by atoms with E-state index in [1.807, 2.05) is 0 Å². The lowest BCUT2D eigenvalue weighted by Gasteiger charge is -2.29. The van der Waals surface area contributed by atoms with Gasteiger partial charge in [-0.15, -0.1) is 0 Å². The zero-order chi connectivity index (χ0) is 18.3. The summed E-state index contributed by atoms with van der Waals surface area (Å²) in [6.45, 7) is 5.84. The van der Waals surface area contributed by atoms with E-state index < -0.39 is 36.0 Å². The van der Waals surface area contributed by atoms with Gasteiger partial charge in [-0.25, -0.2) is 0 Å². The molecule has 1 aliphatic heterocycles. The number of nitrogens with one attached hydrogen (secondary N) is 2. The maximum Gasteiger partial charge on any atom is 0.303 e. The quantitative estimate of drug-likeness (QED) is 0.336. The molecule has 0 saturated carbocycles. The fraction of sp³-hybridized carbons (Fsp3) is 0.667. The largest absolute Gasteiger partial charge is 0.478 e. The monoisotopic (exact) mass is 344 g/mol. The molecule has 136 valence electrons. The van der Waals surface area contributed by atoms with Crippen LogP contribution in [-0.2, 0) is 28.5 Å². The van der Waals surface area contributed by atoms with Crippen molar-refractivity contribution in [2.24, 2.45) is 0 Å². The third kappa shape index (κ3) is 5.50. The van der Waals surface area contributed by atoms with Crippen molar-refractivity contribution < 1.29 is 33.6 Å². The fourth-order valence-corrected chi connectivity index (χ4v) is 2.23. The number of hydrogen-bond donors (Lipinski definition) is 3. The summed E-state index contributed by atoms with van der Waals surface area (Å²) in [5.41, 5.74) is -1.57. The highest BCUT2D eigenvalue weighted by Gasteiger charge is 2.55. The van der Waals surface area contributed by atoms with Crippen molar-refractivity contribution in [1.29, 1.82) is 5.41 Å². The average molecular weight is 344 g/mol. The third-order valence-electron chi connectivity index (χ3n) is 3.28. The van der Waals surface area contributed by atoms with Crippen LogP contribution in [0, 0.1) is 5.41 Å². The Hall–Kier alpha value is -2.13. The second kappa shape index (κ2) is 8.65. The Kier molecular flexibility index (Phi) is 7.18. The van der Waals surface area contributed by atoms with Gasteiger partial charge in [0.2, 0.25) is 5.90 Å². The zero-order valence-corrected chi connectivity index (χ0v) is 14.2. The molecule has 3 N–H and O–H groups in total. The molecule has 1 aliphatic rings. The summed E-state index contributed by atoms with van der Waals surface area (Å²) < 4.78 is 20.6. The minimum atomic E-state index is -1.57. The molecule has 0 aromatic carbocycles. The molecule has 0 amide bonds. The van der Waals surface area contributed by atoms with E-state index in [-0.39, 0.29) is 12.5 Å². The molecule has 0 spiro atoms. The molecular formula is C15H24N2O7. The Labute approximate surface area is 140 Å². The first kappa shape index (κ1) is 19.9. The van der Waals surface area contributed by atoms with Crippen LogP contribution in [0.3, 0.4) is 0 Å². The SMILES string of the molecule is CCOC(=N)/C=C\N[C@@H]1O[C@H](COC(C)=O)C(OC(C)=O)C1(C)O. The van der Waals surface area contributed by atoms with Gasteiger partial charge in [0.05, 0.1) is 6.61 Å². The summed E-state index contributed by atoms with van der Waals surface area (Å²) in [5.74, 6) is -1.16. The highest BCUT2D eigenvalue weighted by molar-refractivity contribution is 5.84. The van der Waals surface area contributed by atoms with Crippen molar-refractivity contribution in [3.05, 3.63) is 12.3 Å². The number of esters is 2. The second-order valence-electron chi connectivity index (χ2n) is 5.41. The fourth-order valence-electron chi connectivity index (χ4n) is 2.23. The molecule has 1 fully saturated rings. The Morgan fingerprint density at radius 2 is 2.00 bits per heavy atom. The van der Waals surface area contributed by atoms with E-state index in [0.717, 1.165) is 0 Å². The Morgan fingerprint density at radius 3 is 2.54 bits per heavy atom. The molecule has 0 radical (unpaired) electrons. The van der Waals surface area contributed by atoms with Crippen molar-refractivity contribution in [3.8, 4) is 0 Å². The van der Waals surface area contributed by atoms with E-state index in [1.165, 1.54) is 33.0 Å². The first-order chi connectivity index (χ1) is 11.2. The van der Waals surface area contributed by atoms with Gasteiger partial charge in [0.25, 0.3) is 0 Å². The van der Waals surface area contributed by atoms with Gasteiger partial charge in [0, 0.05) is 26.1 Å². The van der Waals surface area contributed by atoms with Crippen LogP contribution in [0.25, 0.3) is 0 Å². The lowest BCUT2D eigenvalue weighted by atomic mass is 9.96. The maximum absolute atomic E-state index is 11.3. The van der Waals surface area contributed by atoms with Crippen LogP contribution in [0.1, 0.15) is 27.7 Å². The van der Waals surface area contributed by atoms with E-state index in [2.05, 4.69) is 5.32 Å². The molecule has 1 rings (SSSR count). The van der Waals surface area contributed by atoms with Gasteiger partial charge in [-0.3, -0.25) is 15.0 Å². The van der Waals surface area contributed by atoms with Gasteiger partial charge < -0.3 is 29.4 Å². The summed E-state index contributed by atoms with van der Waals surface area (Å²) in [6, 6.07) is 0. The van der Waals surface area contributed by atoms with Gasteiger partial charge in [-0.05, 0) is 13.8 Å². The molecule has 24 heavy (non-hydrogen) atoms. The molecular weight excluding hydrogens is 320 g/mol. The number of carbonyl (C=O) groups is 2. The third-order valence-corrected chi connectivity index (χ3v) is 3.28. The first-order valence-corrected chi connectivity index (χ1v) is 7.50. The molecule has 9 nitrogen and oxygen atoms in total. The Bertz CT molecular complexity index is 504. The van der Waals surface area contributed by atoms with Gasteiger partial charge in [0.1, 0.15) is 18.3 Å². The van der Waals surface area contributed by atoms with Gasteiger partial charge in [0.15, 0.2) is 12.3 Å². The molecule has 9 heteroatoms. The normalized spacial score (nSPS) is 29.3. The zero-order valence-electron chi connectivity index (χ0n) is 14.2. The molecule has 1 heterocycles. The molecule has 0 aromatic rings. The van der Waals surface area contributed by atoms with Crippen LogP contribution >= 0.6 is 0 Å². The molecule has 2 unspecified atom stereocenters. The highest BCUT2D eigenvalue weighted by atomic mass is 16.6. The number of carbonyl (C=O) groups excluding carboxylic acids is 2. The first-order valence-electron chi connectivity index (χ1n) is 7.50. The van der Waals surface area contributed by atoms with E-state index >= 15 is 0 Å². The van der Waals surface area contributed by atoms with E-state index in [4.69, 9.17) is 24.4 Å². The van der Waals surface area contributed by atoms with E-state index in [1.54, 1.807) is 6.92 Å². The predicted octanol–water partition coefficient (Wildman–Crippen LogP) is 0.0742. The summed E-state index contributed by atoms with van der Waals surface area (Å²) >= 11 is 0. The second-order valence-corrected chi connectivity index (χ2v) is 5.41. The molecule has 0 aromatic heterocycles. The summed E-state index contributed by atoms with van der Waals surface area (Å²) in [5, 5.41) is 20.9. The number of rotatable bonds is 7.